The molecule has 94 valence electrons. The number of nitrogens with zero attached hydrogens (tertiary/aromatic N) is 1. The predicted molar refractivity (Wildman–Crippen MR) is 50.0 cm³/mol. The lowest BCUT2D eigenvalue weighted by atomic mass is 10.2. The Kier molecular flexibility index (Phi) is 2.74. The van der Waals surface area contributed by atoms with Crippen LogP contribution in [0.1, 0.15) is 19.8 Å². The van der Waals surface area contributed by atoms with Gasteiger partial charge in [0.1, 0.15) is 6.42 Å². The quantitative estimate of drug-likeness (QED) is 0.514. The molecule has 7 nitrogen and oxygen atoms in total. The van der Waals surface area contributed by atoms with E-state index in [0.717, 1.165) is 6.92 Å². The second-order valence-electron chi connectivity index (χ2n) is 3.79. The third-order valence-corrected chi connectivity index (χ3v) is 2.48. The SMILES string of the molecule is CC(=O)O[C@H]1CCOC2(F)CC(=O)NC(=O)N12. The van der Waals surface area contributed by atoms with E-state index in [4.69, 9.17) is 9.47 Å². The summed E-state index contributed by atoms with van der Waals surface area (Å²) in [6, 6.07) is -0.963. The summed E-state index contributed by atoms with van der Waals surface area (Å²) in [4.78, 5) is 34.1. The average molecular weight is 246 g/mol. The van der Waals surface area contributed by atoms with Gasteiger partial charge in [0.05, 0.1) is 6.61 Å². The first-order valence-electron chi connectivity index (χ1n) is 5.05. The Hall–Kier alpha value is -1.70. The van der Waals surface area contributed by atoms with Crippen molar-refractivity contribution in [2.75, 3.05) is 6.61 Å². The molecule has 0 aromatic heterocycles. The molecule has 1 unspecified atom stereocenters. The van der Waals surface area contributed by atoms with Gasteiger partial charge in [-0.25, -0.2) is 9.69 Å². The molecule has 2 aliphatic heterocycles. The number of urea groups is 1. The lowest BCUT2D eigenvalue weighted by Gasteiger charge is -2.46. The van der Waals surface area contributed by atoms with Crippen LogP contribution in [-0.4, -0.2) is 41.6 Å². The largest absolute Gasteiger partial charge is 0.441 e. The number of carbonyl (C=O) groups is 3. The van der Waals surface area contributed by atoms with Crippen molar-refractivity contribution in [3.8, 4) is 0 Å². The minimum atomic E-state index is -2.53. The lowest BCUT2D eigenvalue weighted by Crippen LogP contribution is -2.67. The van der Waals surface area contributed by atoms with E-state index in [2.05, 4.69) is 0 Å². The first-order valence-corrected chi connectivity index (χ1v) is 5.05. The molecule has 0 bridgehead atoms. The number of rotatable bonds is 1. The fourth-order valence-corrected chi connectivity index (χ4v) is 1.87. The van der Waals surface area contributed by atoms with Gasteiger partial charge in [0.2, 0.25) is 5.91 Å². The van der Waals surface area contributed by atoms with E-state index in [-0.39, 0.29) is 13.0 Å². The van der Waals surface area contributed by atoms with Crippen molar-refractivity contribution in [2.45, 2.75) is 32.0 Å². The minimum absolute atomic E-state index is 0.0362. The molecular weight excluding hydrogens is 235 g/mol. The zero-order valence-corrected chi connectivity index (χ0v) is 9.07. The number of hydrogen-bond donors (Lipinski definition) is 1. The van der Waals surface area contributed by atoms with E-state index in [1.165, 1.54) is 0 Å². The number of fused-ring (bicyclic) bond motifs is 1. The average Bonchev–Trinajstić information content (AvgIpc) is 2.13. The van der Waals surface area contributed by atoms with Gasteiger partial charge in [-0.2, -0.15) is 4.39 Å². The summed E-state index contributed by atoms with van der Waals surface area (Å²) in [5.74, 6) is -3.93. The maximum atomic E-state index is 14.2. The Morgan fingerprint density at radius 2 is 2.35 bits per heavy atom. The Balaban J connectivity index is 2.25. The highest BCUT2D eigenvalue weighted by atomic mass is 19.2. The molecule has 0 saturated carbocycles. The Morgan fingerprint density at radius 3 is 3.00 bits per heavy atom. The maximum absolute atomic E-state index is 14.2. The smallest absolute Gasteiger partial charge is 0.331 e. The summed E-state index contributed by atoms with van der Waals surface area (Å²) in [5.41, 5.74) is 0. The molecule has 0 aromatic rings. The molecule has 0 spiro atoms. The van der Waals surface area contributed by atoms with Crippen LogP contribution in [0.4, 0.5) is 9.18 Å². The second kappa shape index (κ2) is 3.95. The van der Waals surface area contributed by atoms with Crippen molar-refractivity contribution in [1.29, 1.82) is 0 Å². The maximum Gasteiger partial charge on any atom is 0.331 e. The standard InChI is InChI=1S/C9H11FN2O5/c1-5(13)17-7-2-3-16-9(10)4-6(14)11-8(15)12(7)9/h7H,2-4H2,1H3,(H,11,14,15)/t7-,9?/m0/s1. The zero-order chi connectivity index (χ0) is 12.6. The summed E-state index contributed by atoms with van der Waals surface area (Å²) < 4.78 is 23.9. The van der Waals surface area contributed by atoms with E-state index in [1.54, 1.807) is 0 Å². The Bertz CT molecular complexity index is 388. The molecule has 3 amide bonds. The van der Waals surface area contributed by atoms with E-state index in [0.29, 0.717) is 4.90 Å². The first-order chi connectivity index (χ1) is 7.92. The summed E-state index contributed by atoms with van der Waals surface area (Å²) in [5, 5.41) is 1.94. The minimum Gasteiger partial charge on any atom is -0.441 e. The number of alkyl halides is 1. The van der Waals surface area contributed by atoms with Gasteiger partial charge < -0.3 is 9.47 Å². The molecule has 8 heteroatoms. The monoisotopic (exact) mass is 246 g/mol. The number of hydrogen-bond acceptors (Lipinski definition) is 5. The number of ether oxygens (including phenoxy) is 2. The summed E-state index contributed by atoms with van der Waals surface area (Å²) in [7, 11) is 0. The summed E-state index contributed by atoms with van der Waals surface area (Å²) in [6.07, 6.45) is -1.53. The van der Waals surface area contributed by atoms with Crippen LogP contribution >= 0.6 is 0 Å². The third kappa shape index (κ3) is 2.07. The molecule has 0 aliphatic carbocycles. The van der Waals surface area contributed by atoms with Crippen molar-refractivity contribution < 1.29 is 28.2 Å². The van der Waals surface area contributed by atoms with E-state index >= 15 is 0 Å². The second-order valence-corrected chi connectivity index (χ2v) is 3.79. The molecule has 2 fully saturated rings. The Labute approximate surface area is 95.8 Å². The van der Waals surface area contributed by atoms with Gasteiger partial charge in [-0.15, -0.1) is 0 Å². The van der Waals surface area contributed by atoms with Gasteiger partial charge in [0.25, 0.3) is 0 Å². The normalized spacial score (nSPS) is 32.8. The van der Waals surface area contributed by atoms with Crippen LogP contribution in [0.2, 0.25) is 0 Å². The fourth-order valence-electron chi connectivity index (χ4n) is 1.87. The molecular formula is C9H11FN2O5. The van der Waals surface area contributed by atoms with Crippen LogP contribution in [0.3, 0.4) is 0 Å². The number of esters is 1. The number of amides is 3. The Morgan fingerprint density at radius 1 is 1.65 bits per heavy atom. The van der Waals surface area contributed by atoms with Crippen LogP contribution in [0.5, 0.6) is 0 Å². The van der Waals surface area contributed by atoms with Gasteiger partial charge in [0, 0.05) is 13.3 Å². The highest BCUT2D eigenvalue weighted by molar-refractivity contribution is 5.97. The number of halogens is 1. The molecule has 17 heavy (non-hydrogen) atoms. The number of nitrogens with one attached hydrogen (secondary N) is 1. The molecule has 2 rings (SSSR count). The van der Waals surface area contributed by atoms with Gasteiger partial charge in [-0.1, -0.05) is 0 Å². The van der Waals surface area contributed by atoms with E-state index in [1.807, 2.05) is 5.32 Å². The van der Waals surface area contributed by atoms with Crippen molar-refractivity contribution in [2.24, 2.45) is 0 Å². The van der Waals surface area contributed by atoms with Crippen LogP contribution in [0.25, 0.3) is 0 Å². The van der Waals surface area contributed by atoms with Gasteiger partial charge in [-0.3, -0.25) is 14.9 Å². The highest BCUT2D eigenvalue weighted by Crippen LogP contribution is 2.34. The number of imide groups is 1. The molecule has 2 heterocycles. The molecule has 2 atom stereocenters. The predicted octanol–water partition coefficient (Wildman–Crippen LogP) is -0.139. The van der Waals surface area contributed by atoms with Gasteiger partial charge >= 0.3 is 18.0 Å². The molecule has 2 aliphatic rings. The van der Waals surface area contributed by atoms with Crippen LogP contribution in [-0.2, 0) is 19.1 Å². The van der Waals surface area contributed by atoms with Crippen molar-refractivity contribution >= 4 is 17.9 Å². The van der Waals surface area contributed by atoms with E-state index in [9.17, 15) is 18.8 Å². The molecule has 1 N–H and O–H groups in total. The van der Waals surface area contributed by atoms with Crippen LogP contribution < -0.4 is 5.32 Å². The van der Waals surface area contributed by atoms with Crippen molar-refractivity contribution in [3.05, 3.63) is 0 Å². The highest BCUT2D eigenvalue weighted by Gasteiger charge is 2.54. The lowest BCUT2D eigenvalue weighted by molar-refractivity contribution is -0.295. The van der Waals surface area contributed by atoms with Crippen molar-refractivity contribution in [1.82, 2.24) is 10.2 Å². The van der Waals surface area contributed by atoms with E-state index < -0.39 is 36.5 Å². The summed E-state index contributed by atoms with van der Waals surface area (Å²) >= 11 is 0. The topological polar surface area (TPSA) is 84.9 Å². The molecule has 2 saturated heterocycles. The zero-order valence-electron chi connectivity index (χ0n) is 9.07. The van der Waals surface area contributed by atoms with Crippen LogP contribution in [0.15, 0.2) is 0 Å². The fraction of sp³-hybridized carbons (Fsp3) is 0.667. The first kappa shape index (κ1) is 11.8. The van der Waals surface area contributed by atoms with Gasteiger partial charge in [-0.05, 0) is 0 Å². The van der Waals surface area contributed by atoms with Gasteiger partial charge in [0.15, 0.2) is 6.23 Å². The molecule has 0 aromatic carbocycles. The molecule has 0 radical (unpaired) electrons. The third-order valence-electron chi connectivity index (χ3n) is 2.48. The number of carbonyl (C=O) groups excluding carboxylic acids is 3. The summed E-state index contributed by atoms with van der Waals surface area (Å²) in [6.45, 7) is 1.12. The van der Waals surface area contributed by atoms with Crippen molar-refractivity contribution in [3.63, 3.8) is 0 Å². The van der Waals surface area contributed by atoms with Crippen LogP contribution in [0, 0.1) is 0 Å².